The number of benzene rings is 1. The minimum atomic E-state index is -0.224. The summed E-state index contributed by atoms with van der Waals surface area (Å²) in [6.07, 6.45) is 0. The quantitative estimate of drug-likeness (QED) is 0.661. The summed E-state index contributed by atoms with van der Waals surface area (Å²) >= 11 is 7.35. The van der Waals surface area contributed by atoms with Crippen LogP contribution in [0.3, 0.4) is 0 Å². The number of hydrogen-bond donors (Lipinski definition) is 0. The first-order valence-electron chi connectivity index (χ1n) is 4.86. The summed E-state index contributed by atoms with van der Waals surface area (Å²) < 4.78 is 5.47. The third-order valence-corrected chi connectivity index (χ3v) is 3.27. The van der Waals surface area contributed by atoms with Gasteiger partial charge in [0.15, 0.2) is 11.3 Å². The van der Waals surface area contributed by atoms with Gasteiger partial charge in [0.25, 0.3) is 0 Å². The van der Waals surface area contributed by atoms with Gasteiger partial charge in [-0.05, 0) is 12.1 Å². The molecule has 0 saturated carbocycles. The van der Waals surface area contributed by atoms with Gasteiger partial charge >= 0.3 is 0 Å². The van der Waals surface area contributed by atoms with Crippen LogP contribution in [-0.2, 0) is 0 Å². The predicted octanol–water partition coefficient (Wildman–Crippen LogP) is 3.77. The van der Waals surface area contributed by atoms with E-state index < -0.39 is 0 Å². The third-order valence-electron chi connectivity index (χ3n) is 2.38. The second kappa shape index (κ2) is 3.98. The van der Waals surface area contributed by atoms with E-state index in [9.17, 15) is 4.79 Å². The fourth-order valence-electron chi connectivity index (χ4n) is 1.59. The molecule has 0 radical (unpaired) electrons. The minimum Gasteiger partial charge on any atom is -0.451 e. The lowest BCUT2D eigenvalue weighted by Crippen LogP contribution is -1.98. The van der Waals surface area contributed by atoms with Crippen molar-refractivity contribution in [2.24, 2.45) is 0 Å². The Morgan fingerprint density at radius 3 is 3.00 bits per heavy atom. The molecule has 0 aliphatic carbocycles. The van der Waals surface area contributed by atoms with E-state index in [1.807, 2.05) is 12.1 Å². The van der Waals surface area contributed by atoms with Crippen molar-refractivity contribution >= 4 is 39.7 Å². The van der Waals surface area contributed by atoms with E-state index in [1.54, 1.807) is 23.0 Å². The van der Waals surface area contributed by atoms with Crippen LogP contribution in [0.2, 0.25) is 5.02 Å². The van der Waals surface area contributed by atoms with Gasteiger partial charge in [0, 0.05) is 10.8 Å². The lowest BCUT2D eigenvalue weighted by Gasteiger charge is -1.91. The van der Waals surface area contributed by atoms with Gasteiger partial charge in [-0.1, -0.05) is 23.7 Å². The Balaban J connectivity index is 2.13. The van der Waals surface area contributed by atoms with E-state index in [0.29, 0.717) is 16.3 Å². The molecule has 0 aliphatic rings. The number of halogens is 1. The first kappa shape index (κ1) is 10.5. The molecule has 0 N–H and O–H groups in total. The van der Waals surface area contributed by atoms with Crippen molar-refractivity contribution < 1.29 is 9.21 Å². The molecule has 0 atom stereocenters. The van der Waals surface area contributed by atoms with Crippen LogP contribution >= 0.6 is 22.9 Å². The smallest absolute Gasteiger partial charge is 0.247 e. The predicted molar refractivity (Wildman–Crippen MR) is 66.8 cm³/mol. The number of nitrogens with zero attached hydrogens (tertiary/aromatic N) is 1. The summed E-state index contributed by atoms with van der Waals surface area (Å²) in [6.45, 7) is 0. The topological polar surface area (TPSA) is 43.1 Å². The SMILES string of the molecule is O=C(c1cscn1)c1cc2cccc(Cl)c2o1. The number of hydrogen-bond acceptors (Lipinski definition) is 4. The fraction of sp³-hybridized carbons (Fsp3) is 0. The van der Waals surface area contributed by atoms with Crippen LogP contribution in [0.1, 0.15) is 16.2 Å². The molecule has 2 aromatic heterocycles. The largest absolute Gasteiger partial charge is 0.451 e. The summed E-state index contributed by atoms with van der Waals surface area (Å²) in [5.41, 5.74) is 2.54. The third kappa shape index (κ3) is 1.75. The lowest BCUT2D eigenvalue weighted by atomic mass is 10.2. The minimum absolute atomic E-state index is 0.224. The molecular formula is C12H6ClNO2S. The van der Waals surface area contributed by atoms with Gasteiger partial charge in [-0.25, -0.2) is 4.98 Å². The maximum Gasteiger partial charge on any atom is 0.247 e. The normalized spacial score (nSPS) is 10.9. The Kier molecular flexibility index (Phi) is 2.46. The molecule has 0 amide bonds. The first-order valence-corrected chi connectivity index (χ1v) is 6.19. The summed E-state index contributed by atoms with van der Waals surface area (Å²) in [7, 11) is 0. The van der Waals surface area contributed by atoms with Crippen LogP contribution in [0.4, 0.5) is 0 Å². The number of ketones is 1. The van der Waals surface area contributed by atoms with E-state index in [1.165, 1.54) is 11.3 Å². The molecule has 0 saturated heterocycles. The van der Waals surface area contributed by atoms with Gasteiger partial charge in [0.1, 0.15) is 5.69 Å². The standard InChI is InChI=1S/C12H6ClNO2S/c13-8-3-1-2-7-4-10(16-12(7)8)11(15)9-5-17-6-14-9/h1-6H. The number of rotatable bonds is 2. The second-order valence-corrected chi connectivity index (χ2v) is 4.60. The van der Waals surface area contributed by atoms with Gasteiger partial charge in [-0.2, -0.15) is 0 Å². The molecule has 0 fully saturated rings. The van der Waals surface area contributed by atoms with Crippen molar-refractivity contribution in [3.63, 3.8) is 0 Å². The van der Waals surface area contributed by atoms with Crippen molar-refractivity contribution in [1.29, 1.82) is 0 Å². The Bertz CT molecular complexity index is 688. The summed E-state index contributed by atoms with van der Waals surface area (Å²) in [4.78, 5) is 16.0. The van der Waals surface area contributed by atoms with Crippen molar-refractivity contribution in [1.82, 2.24) is 4.98 Å². The number of fused-ring (bicyclic) bond motifs is 1. The highest BCUT2D eigenvalue weighted by atomic mass is 35.5. The van der Waals surface area contributed by atoms with Crippen molar-refractivity contribution in [2.75, 3.05) is 0 Å². The van der Waals surface area contributed by atoms with Crippen molar-refractivity contribution in [3.8, 4) is 0 Å². The van der Waals surface area contributed by atoms with Gasteiger partial charge < -0.3 is 4.42 Å². The highest BCUT2D eigenvalue weighted by Crippen LogP contribution is 2.27. The van der Waals surface area contributed by atoms with Crippen LogP contribution < -0.4 is 0 Å². The molecule has 1 aromatic carbocycles. The van der Waals surface area contributed by atoms with E-state index in [-0.39, 0.29) is 11.5 Å². The maximum absolute atomic E-state index is 12.0. The average Bonchev–Trinajstić information content (AvgIpc) is 2.98. The molecule has 17 heavy (non-hydrogen) atoms. The monoisotopic (exact) mass is 263 g/mol. The Labute approximate surface area is 106 Å². The van der Waals surface area contributed by atoms with Crippen LogP contribution in [0.5, 0.6) is 0 Å². The van der Waals surface area contributed by atoms with Crippen LogP contribution in [0.15, 0.2) is 39.6 Å². The molecule has 0 spiro atoms. The zero-order chi connectivity index (χ0) is 11.8. The first-order chi connectivity index (χ1) is 8.25. The maximum atomic E-state index is 12.0. The molecule has 0 bridgehead atoms. The average molecular weight is 264 g/mol. The number of para-hydroxylation sites is 1. The molecule has 84 valence electrons. The van der Waals surface area contributed by atoms with Gasteiger partial charge in [0.2, 0.25) is 5.78 Å². The number of furan rings is 1. The van der Waals surface area contributed by atoms with Crippen LogP contribution in [0.25, 0.3) is 11.0 Å². The van der Waals surface area contributed by atoms with E-state index in [2.05, 4.69) is 4.98 Å². The molecule has 3 nitrogen and oxygen atoms in total. The highest BCUT2D eigenvalue weighted by molar-refractivity contribution is 7.07. The van der Waals surface area contributed by atoms with E-state index in [4.69, 9.17) is 16.0 Å². The number of thiazole rings is 1. The molecule has 0 unspecified atom stereocenters. The van der Waals surface area contributed by atoms with E-state index >= 15 is 0 Å². The van der Waals surface area contributed by atoms with Crippen molar-refractivity contribution in [2.45, 2.75) is 0 Å². The Morgan fingerprint density at radius 2 is 2.29 bits per heavy atom. The second-order valence-electron chi connectivity index (χ2n) is 3.47. The molecule has 5 heteroatoms. The molecule has 3 aromatic rings. The zero-order valence-electron chi connectivity index (χ0n) is 8.51. The Hall–Kier alpha value is -1.65. The molecule has 3 rings (SSSR count). The van der Waals surface area contributed by atoms with Gasteiger partial charge in [0.05, 0.1) is 10.5 Å². The molecular weight excluding hydrogens is 258 g/mol. The van der Waals surface area contributed by atoms with Crippen LogP contribution in [-0.4, -0.2) is 10.8 Å². The highest BCUT2D eigenvalue weighted by Gasteiger charge is 2.17. The summed E-state index contributed by atoms with van der Waals surface area (Å²) in [6, 6.07) is 7.08. The summed E-state index contributed by atoms with van der Waals surface area (Å²) in [5.74, 6) is 0.0394. The van der Waals surface area contributed by atoms with Gasteiger partial charge in [-0.15, -0.1) is 11.3 Å². The van der Waals surface area contributed by atoms with Crippen LogP contribution in [0, 0.1) is 0 Å². The number of aromatic nitrogens is 1. The molecule has 2 heterocycles. The molecule has 0 aliphatic heterocycles. The van der Waals surface area contributed by atoms with Gasteiger partial charge in [-0.3, -0.25) is 4.79 Å². The summed E-state index contributed by atoms with van der Waals surface area (Å²) in [5, 5.41) is 3.01. The Morgan fingerprint density at radius 1 is 1.41 bits per heavy atom. The van der Waals surface area contributed by atoms with Crippen molar-refractivity contribution in [3.05, 3.63) is 51.6 Å². The lowest BCUT2D eigenvalue weighted by molar-refractivity contribution is 0.101. The zero-order valence-corrected chi connectivity index (χ0v) is 10.1. The number of carbonyl (C=O) groups excluding carboxylic acids is 1. The van der Waals surface area contributed by atoms with E-state index in [0.717, 1.165) is 5.39 Å². The number of carbonyl (C=O) groups is 1. The fourth-order valence-corrected chi connectivity index (χ4v) is 2.34.